The average Bonchev–Trinajstić information content (AvgIpc) is 2.64. The summed E-state index contributed by atoms with van der Waals surface area (Å²) in [5, 5.41) is 4.25. The number of hydrazone groups is 1. The molecule has 0 fully saturated rings. The Morgan fingerprint density at radius 1 is 1.04 bits per heavy atom. The Bertz CT molecular complexity index is 699. The Hall–Kier alpha value is -2.95. The van der Waals surface area contributed by atoms with E-state index < -0.39 is 0 Å². The third-order valence-corrected chi connectivity index (χ3v) is 3.30. The second kappa shape index (κ2) is 9.25. The molecule has 0 aliphatic heterocycles. The van der Waals surface area contributed by atoms with Crippen LogP contribution in [-0.2, 0) is 6.54 Å². The first-order valence-corrected chi connectivity index (χ1v) is 7.58. The summed E-state index contributed by atoms with van der Waals surface area (Å²) in [5.41, 5.74) is 4.96. The zero-order chi connectivity index (χ0) is 17.2. The topological polar surface area (TPSA) is 52.1 Å². The molecule has 0 heterocycles. The molecule has 0 saturated heterocycles. The highest BCUT2D eigenvalue weighted by molar-refractivity contribution is 5.83. The Balaban J connectivity index is 1.97. The Kier molecular flexibility index (Phi) is 6.71. The summed E-state index contributed by atoms with van der Waals surface area (Å²) in [5.74, 6) is 2.18. The van der Waals surface area contributed by atoms with E-state index >= 15 is 0 Å². The molecule has 0 bridgehead atoms. The van der Waals surface area contributed by atoms with Gasteiger partial charge in [-0.2, -0.15) is 5.10 Å². The highest BCUT2D eigenvalue weighted by Crippen LogP contribution is 2.27. The Labute approximate surface area is 142 Å². The normalized spacial score (nSPS) is 10.4. The van der Waals surface area contributed by atoms with Gasteiger partial charge in [0.2, 0.25) is 0 Å². The van der Waals surface area contributed by atoms with Gasteiger partial charge in [-0.25, -0.2) is 0 Å². The maximum absolute atomic E-state index is 5.59. The molecule has 0 atom stereocenters. The van der Waals surface area contributed by atoms with Crippen molar-refractivity contribution in [2.24, 2.45) is 5.10 Å². The summed E-state index contributed by atoms with van der Waals surface area (Å²) in [6.45, 7) is 4.69. The molecular weight excluding hydrogens is 304 g/mol. The zero-order valence-corrected chi connectivity index (χ0v) is 14.0. The van der Waals surface area contributed by atoms with E-state index in [4.69, 9.17) is 14.2 Å². The second-order valence-electron chi connectivity index (χ2n) is 4.92. The van der Waals surface area contributed by atoms with Crippen molar-refractivity contribution in [3.63, 3.8) is 0 Å². The second-order valence-corrected chi connectivity index (χ2v) is 4.92. The molecule has 5 heteroatoms. The van der Waals surface area contributed by atoms with E-state index in [2.05, 4.69) is 17.1 Å². The summed E-state index contributed by atoms with van der Waals surface area (Å²) in [4.78, 5) is 0. The van der Waals surface area contributed by atoms with Crippen molar-refractivity contribution in [1.29, 1.82) is 0 Å². The summed E-state index contributed by atoms with van der Waals surface area (Å²) < 4.78 is 16.1. The number of nitrogens with one attached hydrogen (secondary N) is 1. The molecule has 0 spiro atoms. The number of methoxy groups -OCH3 is 2. The first-order chi connectivity index (χ1) is 11.8. The first kappa shape index (κ1) is 17.4. The van der Waals surface area contributed by atoms with E-state index in [0.717, 1.165) is 16.9 Å². The summed E-state index contributed by atoms with van der Waals surface area (Å²) in [6, 6.07) is 13.5. The van der Waals surface area contributed by atoms with Gasteiger partial charge in [-0.1, -0.05) is 30.9 Å². The lowest BCUT2D eigenvalue weighted by Crippen LogP contribution is -2.06. The van der Waals surface area contributed by atoms with E-state index in [1.807, 2.05) is 42.5 Å². The predicted octanol–water partition coefficient (Wildman–Crippen LogP) is 3.39. The number of nitrogens with zero attached hydrogens (tertiary/aromatic N) is 1. The van der Waals surface area contributed by atoms with Crippen molar-refractivity contribution >= 4 is 6.21 Å². The molecule has 0 saturated carbocycles. The van der Waals surface area contributed by atoms with E-state index in [1.54, 1.807) is 26.5 Å². The third-order valence-electron chi connectivity index (χ3n) is 3.30. The van der Waals surface area contributed by atoms with Gasteiger partial charge in [0.05, 0.1) is 27.0 Å². The van der Waals surface area contributed by atoms with Crippen LogP contribution in [-0.4, -0.2) is 27.0 Å². The van der Waals surface area contributed by atoms with Crippen LogP contribution in [0.15, 0.2) is 60.2 Å². The van der Waals surface area contributed by atoms with Crippen LogP contribution in [0, 0.1) is 0 Å². The number of para-hydroxylation sites is 1. The largest absolute Gasteiger partial charge is 0.493 e. The molecule has 2 aromatic carbocycles. The SMILES string of the molecule is C=CCOc1ccccc1/C=N/NCc1ccc(OC)c(OC)c1. The number of benzene rings is 2. The monoisotopic (exact) mass is 326 g/mol. The molecule has 0 aliphatic carbocycles. The minimum absolute atomic E-state index is 0.462. The lowest BCUT2D eigenvalue weighted by molar-refractivity contribution is 0.354. The van der Waals surface area contributed by atoms with Gasteiger partial charge >= 0.3 is 0 Å². The van der Waals surface area contributed by atoms with Gasteiger partial charge in [0.1, 0.15) is 12.4 Å². The summed E-state index contributed by atoms with van der Waals surface area (Å²) >= 11 is 0. The van der Waals surface area contributed by atoms with E-state index in [-0.39, 0.29) is 0 Å². The standard InChI is InChI=1S/C19H22N2O3/c1-4-11-24-17-8-6-5-7-16(17)14-21-20-13-15-9-10-18(22-2)19(12-15)23-3/h4-10,12,14,20H,1,11,13H2,2-3H3/b21-14+. The highest BCUT2D eigenvalue weighted by atomic mass is 16.5. The lowest BCUT2D eigenvalue weighted by Gasteiger charge is -2.09. The van der Waals surface area contributed by atoms with Crippen LogP contribution >= 0.6 is 0 Å². The molecule has 2 rings (SSSR count). The Morgan fingerprint density at radius 2 is 1.83 bits per heavy atom. The molecule has 0 aromatic heterocycles. The molecule has 1 N–H and O–H groups in total. The molecule has 0 radical (unpaired) electrons. The average molecular weight is 326 g/mol. The summed E-state index contributed by atoms with van der Waals surface area (Å²) in [7, 11) is 3.24. The fourth-order valence-electron chi connectivity index (χ4n) is 2.11. The smallest absolute Gasteiger partial charge is 0.161 e. The van der Waals surface area contributed by atoms with Crippen molar-refractivity contribution in [3.8, 4) is 17.2 Å². The number of hydrogen-bond acceptors (Lipinski definition) is 5. The van der Waals surface area contributed by atoms with Gasteiger partial charge < -0.3 is 19.6 Å². The quantitative estimate of drug-likeness (QED) is 0.436. The Morgan fingerprint density at radius 3 is 2.58 bits per heavy atom. The van der Waals surface area contributed by atoms with Crippen molar-refractivity contribution in [2.75, 3.05) is 20.8 Å². The van der Waals surface area contributed by atoms with E-state index in [9.17, 15) is 0 Å². The first-order valence-electron chi connectivity index (χ1n) is 7.58. The minimum atomic E-state index is 0.462. The molecule has 2 aromatic rings. The molecule has 0 amide bonds. The van der Waals surface area contributed by atoms with Crippen LogP contribution < -0.4 is 19.6 Å². The summed E-state index contributed by atoms with van der Waals surface area (Å²) in [6.07, 6.45) is 3.45. The van der Waals surface area contributed by atoms with Crippen LogP contribution in [0.1, 0.15) is 11.1 Å². The predicted molar refractivity (Wildman–Crippen MR) is 96.1 cm³/mol. The minimum Gasteiger partial charge on any atom is -0.493 e. The van der Waals surface area contributed by atoms with Crippen LogP contribution in [0.2, 0.25) is 0 Å². The molecule has 126 valence electrons. The van der Waals surface area contributed by atoms with Gasteiger partial charge in [0.25, 0.3) is 0 Å². The van der Waals surface area contributed by atoms with Crippen LogP contribution in [0.4, 0.5) is 0 Å². The number of hydrogen-bond donors (Lipinski definition) is 1. The van der Waals surface area contributed by atoms with Crippen molar-refractivity contribution in [3.05, 3.63) is 66.2 Å². The molecule has 0 unspecified atom stereocenters. The molecule has 24 heavy (non-hydrogen) atoms. The van der Waals surface area contributed by atoms with E-state index in [0.29, 0.717) is 24.7 Å². The van der Waals surface area contributed by atoms with Crippen LogP contribution in [0.25, 0.3) is 0 Å². The van der Waals surface area contributed by atoms with Crippen LogP contribution in [0.5, 0.6) is 17.2 Å². The molecular formula is C19H22N2O3. The van der Waals surface area contributed by atoms with Crippen molar-refractivity contribution in [2.45, 2.75) is 6.54 Å². The highest BCUT2D eigenvalue weighted by Gasteiger charge is 2.04. The van der Waals surface area contributed by atoms with Gasteiger partial charge in [0.15, 0.2) is 11.5 Å². The maximum Gasteiger partial charge on any atom is 0.161 e. The lowest BCUT2D eigenvalue weighted by atomic mass is 10.2. The molecule has 0 aliphatic rings. The number of rotatable bonds is 9. The number of ether oxygens (including phenoxy) is 3. The maximum atomic E-state index is 5.59. The van der Waals surface area contributed by atoms with Crippen LogP contribution in [0.3, 0.4) is 0 Å². The van der Waals surface area contributed by atoms with Gasteiger partial charge in [-0.3, -0.25) is 0 Å². The fourth-order valence-corrected chi connectivity index (χ4v) is 2.11. The molecule has 5 nitrogen and oxygen atoms in total. The van der Waals surface area contributed by atoms with Crippen molar-refractivity contribution < 1.29 is 14.2 Å². The van der Waals surface area contributed by atoms with Gasteiger partial charge in [-0.05, 0) is 29.8 Å². The van der Waals surface area contributed by atoms with E-state index in [1.165, 1.54) is 0 Å². The zero-order valence-electron chi connectivity index (χ0n) is 14.0. The third kappa shape index (κ3) is 4.78. The fraction of sp³-hybridized carbons (Fsp3) is 0.211. The van der Waals surface area contributed by atoms with Gasteiger partial charge in [0, 0.05) is 5.56 Å². The van der Waals surface area contributed by atoms with Crippen molar-refractivity contribution in [1.82, 2.24) is 5.43 Å². The van der Waals surface area contributed by atoms with Gasteiger partial charge in [-0.15, -0.1) is 0 Å².